The molecule has 166 valence electrons. The topological polar surface area (TPSA) is 106 Å². The van der Waals surface area contributed by atoms with Crippen LogP contribution in [0.3, 0.4) is 0 Å². The molecular weight excluding hydrogens is 435 g/mol. The monoisotopic (exact) mass is 456 g/mol. The number of nitrogens with zero attached hydrogens (tertiary/aromatic N) is 1. The van der Waals surface area contributed by atoms with Crippen LogP contribution in [0.1, 0.15) is 28.9 Å². The van der Waals surface area contributed by atoms with Crippen molar-refractivity contribution in [1.82, 2.24) is 4.98 Å². The maximum absolute atomic E-state index is 14.2. The van der Waals surface area contributed by atoms with Crippen molar-refractivity contribution in [2.75, 3.05) is 24.3 Å². The zero-order chi connectivity index (χ0) is 23.3. The summed E-state index contributed by atoms with van der Waals surface area (Å²) in [5.41, 5.74) is 7.60. The van der Waals surface area contributed by atoms with Crippen LogP contribution in [0.2, 0.25) is 5.02 Å². The zero-order valence-electron chi connectivity index (χ0n) is 17.5. The number of amides is 1. The van der Waals surface area contributed by atoms with Gasteiger partial charge in [0.05, 0.1) is 24.7 Å². The summed E-state index contributed by atoms with van der Waals surface area (Å²) in [5, 5.41) is 6.19. The predicted octanol–water partition coefficient (Wildman–Crippen LogP) is 4.40. The molecule has 0 saturated carbocycles. The fraction of sp³-hybridized carbons (Fsp3) is 0.174. The third-order valence-electron chi connectivity index (χ3n) is 4.83. The van der Waals surface area contributed by atoms with Gasteiger partial charge in [0.1, 0.15) is 17.1 Å². The first-order chi connectivity index (χ1) is 15.3. The third-order valence-corrected chi connectivity index (χ3v) is 5.14. The van der Waals surface area contributed by atoms with E-state index in [0.717, 1.165) is 5.56 Å². The summed E-state index contributed by atoms with van der Waals surface area (Å²) >= 11 is 6.21. The number of rotatable bonds is 7. The smallest absolute Gasteiger partial charge is 0.341 e. The number of methoxy groups -OCH3 is 1. The number of nitrogens with two attached hydrogens (primary N) is 1. The van der Waals surface area contributed by atoms with Gasteiger partial charge in [-0.15, -0.1) is 0 Å². The minimum atomic E-state index is -0.740. The molecule has 4 N–H and O–H groups in total. The number of anilines is 2. The summed E-state index contributed by atoms with van der Waals surface area (Å²) in [6, 6.07) is 13.0. The number of esters is 1. The van der Waals surface area contributed by atoms with E-state index < -0.39 is 17.7 Å². The number of benzene rings is 2. The summed E-state index contributed by atoms with van der Waals surface area (Å²) in [6.45, 7) is 1.73. The third kappa shape index (κ3) is 5.04. The number of ether oxygens (including phenoxy) is 1. The fourth-order valence-electron chi connectivity index (χ4n) is 3.17. The molecule has 3 aromatic rings. The molecule has 1 amide bonds. The molecule has 0 spiro atoms. The number of nitrogens with one attached hydrogen (secondary N) is 2. The van der Waals surface area contributed by atoms with Gasteiger partial charge in [-0.25, -0.2) is 14.2 Å². The molecule has 1 aromatic heterocycles. The first kappa shape index (κ1) is 23.2. The first-order valence-corrected chi connectivity index (χ1v) is 10.1. The molecule has 1 heterocycles. The Hall–Kier alpha value is -3.49. The van der Waals surface area contributed by atoms with Gasteiger partial charge in [-0.3, -0.25) is 4.79 Å². The zero-order valence-corrected chi connectivity index (χ0v) is 18.2. The van der Waals surface area contributed by atoms with Gasteiger partial charge in [-0.1, -0.05) is 48.0 Å². The van der Waals surface area contributed by atoms with Crippen LogP contribution in [0.4, 0.5) is 15.9 Å². The first-order valence-electron chi connectivity index (χ1n) is 9.73. The van der Waals surface area contributed by atoms with Crippen LogP contribution in [0.15, 0.2) is 54.7 Å². The van der Waals surface area contributed by atoms with Crippen molar-refractivity contribution in [2.45, 2.75) is 13.0 Å². The SMILES string of the molecule is COC(=O)c1c(F)cccc1-c1ccc([C@@H](C)Nc2nccc(Cl)c2NC(=O)CN)cc1. The van der Waals surface area contributed by atoms with Gasteiger partial charge in [0.2, 0.25) is 5.91 Å². The van der Waals surface area contributed by atoms with Crippen molar-refractivity contribution in [3.05, 3.63) is 76.7 Å². The van der Waals surface area contributed by atoms with Crippen molar-refractivity contribution in [3.63, 3.8) is 0 Å². The van der Waals surface area contributed by atoms with Crippen LogP contribution in [-0.2, 0) is 9.53 Å². The van der Waals surface area contributed by atoms with Crippen LogP contribution >= 0.6 is 11.6 Å². The van der Waals surface area contributed by atoms with Crippen molar-refractivity contribution in [1.29, 1.82) is 0 Å². The number of hydrogen-bond acceptors (Lipinski definition) is 6. The Balaban J connectivity index is 1.86. The highest BCUT2D eigenvalue weighted by molar-refractivity contribution is 6.34. The Morgan fingerprint density at radius 1 is 1.19 bits per heavy atom. The molecule has 9 heteroatoms. The highest BCUT2D eigenvalue weighted by atomic mass is 35.5. The van der Waals surface area contributed by atoms with E-state index in [9.17, 15) is 14.0 Å². The minimum absolute atomic E-state index is 0.114. The van der Waals surface area contributed by atoms with Crippen molar-refractivity contribution < 1.29 is 18.7 Å². The number of aromatic nitrogens is 1. The Morgan fingerprint density at radius 2 is 1.91 bits per heavy atom. The van der Waals surface area contributed by atoms with Gasteiger partial charge >= 0.3 is 5.97 Å². The average molecular weight is 457 g/mol. The van der Waals surface area contributed by atoms with E-state index in [4.69, 9.17) is 22.1 Å². The van der Waals surface area contributed by atoms with E-state index in [-0.39, 0.29) is 18.2 Å². The quantitative estimate of drug-likeness (QED) is 0.455. The van der Waals surface area contributed by atoms with Gasteiger partial charge in [0.25, 0.3) is 0 Å². The lowest BCUT2D eigenvalue weighted by atomic mass is 9.97. The predicted molar refractivity (Wildman–Crippen MR) is 122 cm³/mol. The molecule has 0 unspecified atom stereocenters. The van der Waals surface area contributed by atoms with Gasteiger partial charge in [-0.2, -0.15) is 0 Å². The molecule has 0 radical (unpaired) electrons. The van der Waals surface area contributed by atoms with Gasteiger partial charge < -0.3 is 21.1 Å². The van der Waals surface area contributed by atoms with Crippen molar-refractivity contribution in [2.24, 2.45) is 5.73 Å². The standard InChI is InChI=1S/C23H22ClFN4O3/c1-13(28-22-21(29-19(30)12-26)17(24)10-11-27-22)14-6-8-15(9-7-14)16-4-3-5-18(25)20(16)23(31)32-2/h3-11,13H,12,26H2,1-2H3,(H,27,28)(H,29,30)/t13-/m1/s1. The average Bonchev–Trinajstić information content (AvgIpc) is 2.80. The number of carbonyl (C=O) groups excluding carboxylic acids is 2. The fourth-order valence-corrected chi connectivity index (χ4v) is 3.36. The van der Waals surface area contributed by atoms with E-state index in [0.29, 0.717) is 27.7 Å². The maximum Gasteiger partial charge on any atom is 0.341 e. The van der Waals surface area contributed by atoms with E-state index in [1.54, 1.807) is 24.3 Å². The van der Waals surface area contributed by atoms with E-state index in [1.165, 1.54) is 25.4 Å². The molecule has 0 aliphatic heterocycles. The maximum atomic E-state index is 14.2. The van der Waals surface area contributed by atoms with E-state index in [1.807, 2.05) is 19.1 Å². The molecule has 0 fully saturated rings. The molecule has 0 aliphatic rings. The molecule has 32 heavy (non-hydrogen) atoms. The summed E-state index contributed by atoms with van der Waals surface area (Å²) in [7, 11) is 1.21. The summed E-state index contributed by atoms with van der Waals surface area (Å²) in [6.07, 6.45) is 1.52. The van der Waals surface area contributed by atoms with Crippen LogP contribution in [0, 0.1) is 5.82 Å². The van der Waals surface area contributed by atoms with Crippen LogP contribution in [-0.4, -0.2) is 30.5 Å². The van der Waals surface area contributed by atoms with Crippen LogP contribution in [0.5, 0.6) is 0 Å². The Morgan fingerprint density at radius 3 is 2.56 bits per heavy atom. The normalized spacial score (nSPS) is 11.5. The number of halogens is 2. The minimum Gasteiger partial charge on any atom is -0.465 e. The number of carbonyl (C=O) groups is 2. The Bertz CT molecular complexity index is 1140. The van der Waals surface area contributed by atoms with Crippen molar-refractivity contribution in [3.8, 4) is 11.1 Å². The molecule has 0 bridgehead atoms. The second-order valence-electron chi connectivity index (χ2n) is 6.91. The Labute approximate surface area is 189 Å². The molecule has 7 nitrogen and oxygen atoms in total. The molecule has 3 rings (SSSR count). The summed E-state index contributed by atoms with van der Waals surface area (Å²) < 4.78 is 19.0. The lowest BCUT2D eigenvalue weighted by Gasteiger charge is -2.19. The summed E-state index contributed by atoms with van der Waals surface area (Å²) in [4.78, 5) is 28.0. The van der Waals surface area contributed by atoms with Crippen LogP contribution in [0.25, 0.3) is 11.1 Å². The van der Waals surface area contributed by atoms with E-state index in [2.05, 4.69) is 15.6 Å². The largest absolute Gasteiger partial charge is 0.465 e. The highest BCUT2D eigenvalue weighted by Gasteiger charge is 2.19. The second-order valence-corrected chi connectivity index (χ2v) is 7.32. The van der Waals surface area contributed by atoms with Gasteiger partial charge in [0.15, 0.2) is 5.82 Å². The summed E-state index contributed by atoms with van der Waals surface area (Å²) in [5.74, 6) is -1.38. The van der Waals surface area contributed by atoms with Gasteiger partial charge in [0, 0.05) is 6.20 Å². The molecule has 0 aliphatic carbocycles. The van der Waals surface area contributed by atoms with E-state index >= 15 is 0 Å². The number of pyridine rings is 1. The number of hydrogen-bond donors (Lipinski definition) is 3. The highest BCUT2D eigenvalue weighted by Crippen LogP contribution is 2.32. The van der Waals surface area contributed by atoms with Crippen molar-refractivity contribution >= 4 is 35.0 Å². The second kappa shape index (κ2) is 10.2. The Kier molecular flexibility index (Phi) is 7.40. The van der Waals surface area contributed by atoms with Crippen LogP contribution < -0.4 is 16.4 Å². The molecular formula is C23H22ClFN4O3. The lowest BCUT2D eigenvalue weighted by molar-refractivity contribution is -0.114. The molecule has 1 atom stereocenters. The molecule has 0 saturated heterocycles. The molecule has 2 aromatic carbocycles. The van der Waals surface area contributed by atoms with Gasteiger partial charge in [-0.05, 0) is 35.7 Å². The lowest BCUT2D eigenvalue weighted by Crippen LogP contribution is -2.23.